The van der Waals surface area contributed by atoms with Gasteiger partial charge >= 0.3 is 0 Å². The van der Waals surface area contributed by atoms with Gasteiger partial charge in [-0.3, -0.25) is 9.69 Å². The van der Waals surface area contributed by atoms with Crippen molar-refractivity contribution in [2.75, 3.05) is 63.6 Å². The van der Waals surface area contributed by atoms with Crippen molar-refractivity contribution in [3.05, 3.63) is 54.1 Å². The molecule has 0 spiro atoms. The minimum atomic E-state index is -0.120. The van der Waals surface area contributed by atoms with Crippen molar-refractivity contribution in [2.45, 2.75) is 0 Å². The third kappa shape index (κ3) is 4.71. The molecule has 1 amide bonds. The molecule has 1 fully saturated rings. The quantitative estimate of drug-likeness (QED) is 0.767. The van der Waals surface area contributed by atoms with Crippen molar-refractivity contribution < 1.29 is 9.90 Å². The van der Waals surface area contributed by atoms with Crippen LogP contribution in [0.2, 0.25) is 0 Å². The van der Waals surface area contributed by atoms with Gasteiger partial charge in [0.05, 0.1) is 11.3 Å². The largest absolute Gasteiger partial charge is 0.506 e. The molecule has 0 unspecified atom stereocenters. The number of nitrogens with zero attached hydrogens (tertiary/aromatic N) is 3. The van der Waals surface area contributed by atoms with E-state index in [4.69, 9.17) is 0 Å². The van der Waals surface area contributed by atoms with Gasteiger partial charge in [0, 0.05) is 59.1 Å². The summed E-state index contributed by atoms with van der Waals surface area (Å²) in [6.45, 7) is 5.56. The number of carbonyl (C=O) groups is 1. The first-order valence-corrected chi connectivity index (χ1v) is 9.36. The number of hydrogen-bond acceptors (Lipinski definition) is 5. The molecular formula is C21H28N4O2. The monoisotopic (exact) mass is 368 g/mol. The van der Waals surface area contributed by atoms with Crippen molar-refractivity contribution in [3.8, 4) is 5.75 Å². The number of phenolic OH excluding ortho intramolecular Hbond substituents is 1. The Morgan fingerprint density at radius 2 is 1.74 bits per heavy atom. The molecule has 144 valence electrons. The van der Waals surface area contributed by atoms with Crippen molar-refractivity contribution in [1.82, 2.24) is 9.80 Å². The second kappa shape index (κ2) is 8.77. The fourth-order valence-corrected chi connectivity index (χ4v) is 3.35. The lowest BCUT2D eigenvalue weighted by Gasteiger charge is -2.36. The summed E-state index contributed by atoms with van der Waals surface area (Å²) in [5, 5.41) is 13.4. The van der Waals surface area contributed by atoms with E-state index in [0.29, 0.717) is 17.8 Å². The number of hydrogen-bond donors (Lipinski definition) is 2. The van der Waals surface area contributed by atoms with Gasteiger partial charge < -0.3 is 20.2 Å². The Kier molecular flexibility index (Phi) is 6.19. The summed E-state index contributed by atoms with van der Waals surface area (Å²) in [5.41, 5.74) is 2.28. The number of para-hydroxylation sites is 2. The Morgan fingerprint density at radius 1 is 1.04 bits per heavy atom. The van der Waals surface area contributed by atoms with Crippen LogP contribution in [0, 0.1) is 0 Å². The molecule has 0 radical (unpaired) electrons. The lowest BCUT2D eigenvalue weighted by Crippen LogP contribution is -2.47. The number of anilines is 2. The molecule has 6 nitrogen and oxygen atoms in total. The zero-order chi connectivity index (χ0) is 19.2. The molecular weight excluding hydrogens is 340 g/mol. The molecule has 1 saturated heterocycles. The van der Waals surface area contributed by atoms with E-state index in [9.17, 15) is 9.90 Å². The number of carbonyl (C=O) groups excluding carboxylic acids is 1. The number of amides is 1. The van der Waals surface area contributed by atoms with Crippen molar-refractivity contribution in [3.63, 3.8) is 0 Å². The zero-order valence-corrected chi connectivity index (χ0v) is 16.1. The van der Waals surface area contributed by atoms with E-state index in [-0.39, 0.29) is 11.7 Å². The van der Waals surface area contributed by atoms with Gasteiger partial charge in [-0.15, -0.1) is 0 Å². The molecule has 2 aromatic rings. The lowest BCUT2D eigenvalue weighted by atomic mass is 10.1. The summed E-state index contributed by atoms with van der Waals surface area (Å²) in [6.07, 6.45) is 0. The van der Waals surface area contributed by atoms with Crippen molar-refractivity contribution in [1.29, 1.82) is 0 Å². The summed E-state index contributed by atoms with van der Waals surface area (Å²) in [7, 11) is 3.42. The molecule has 2 N–H and O–H groups in total. The van der Waals surface area contributed by atoms with Crippen LogP contribution in [0.4, 0.5) is 11.4 Å². The molecule has 0 atom stereocenters. The molecule has 0 aliphatic carbocycles. The molecule has 1 heterocycles. The molecule has 1 aliphatic rings. The summed E-state index contributed by atoms with van der Waals surface area (Å²) in [6, 6.07) is 15.5. The molecule has 0 aromatic heterocycles. The van der Waals surface area contributed by atoms with E-state index >= 15 is 0 Å². The van der Waals surface area contributed by atoms with Crippen LogP contribution in [0.3, 0.4) is 0 Å². The van der Waals surface area contributed by atoms with E-state index in [1.807, 2.05) is 6.07 Å². The average Bonchev–Trinajstić information content (AvgIpc) is 2.69. The van der Waals surface area contributed by atoms with Crippen molar-refractivity contribution >= 4 is 17.3 Å². The van der Waals surface area contributed by atoms with Crippen LogP contribution in [0.25, 0.3) is 0 Å². The smallest absolute Gasteiger partial charge is 0.255 e. The maximum atomic E-state index is 12.3. The van der Waals surface area contributed by atoms with Crippen LogP contribution < -0.4 is 10.2 Å². The first-order chi connectivity index (χ1) is 13.1. The molecule has 6 heteroatoms. The fraction of sp³-hybridized carbons (Fsp3) is 0.381. The van der Waals surface area contributed by atoms with Crippen molar-refractivity contribution in [2.24, 2.45) is 0 Å². The predicted octanol–water partition coefficient (Wildman–Crippen LogP) is 2.33. The summed E-state index contributed by atoms with van der Waals surface area (Å²) < 4.78 is 0. The van der Waals surface area contributed by atoms with Gasteiger partial charge in [-0.25, -0.2) is 0 Å². The van der Waals surface area contributed by atoms with Gasteiger partial charge in [-0.2, -0.15) is 0 Å². The maximum absolute atomic E-state index is 12.3. The topological polar surface area (TPSA) is 59.1 Å². The minimum absolute atomic E-state index is 0.108. The van der Waals surface area contributed by atoms with Gasteiger partial charge in [0.25, 0.3) is 5.91 Å². The van der Waals surface area contributed by atoms with E-state index in [1.54, 1.807) is 32.3 Å². The highest BCUT2D eigenvalue weighted by atomic mass is 16.3. The molecule has 27 heavy (non-hydrogen) atoms. The number of rotatable bonds is 6. The van der Waals surface area contributed by atoms with Gasteiger partial charge in [0.2, 0.25) is 0 Å². The summed E-state index contributed by atoms with van der Waals surface area (Å²) in [4.78, 5) is 18.6. The third-order valence-corrected chi connectivity index (χ3v) is 4.90. The highest BCUT2D eigenvalue weighted by molar-refractivity contribution is 6.00. The van der Waals surface area contributed by atoms with Gasteiger partial charge in [-0.05, 0) is 24.3 Å². The van der Waals surface area contributed by atoms with E-state index in [1.165, 1.54) is 10.6 Å². The Bertz CT molecular complexity index is 756. The lowest BCUT2D eigenvalue weighted by molar-refractivity contribution is 0.0828. The third-order valence-electron chi connectivity index (χ3n) is 4.90. The van der Waals surface area contributed by atoms with Gasteiger partial charge in [0.1, 0.15) is 5.75 Å². The first-order valence-electron chi connectivity index (χ1n) is 9.36. The molecule has 2 aromatic carbocycles. The first kappa shape index (κ1) is 19.0. The Morgan fingerprint density at radius 3 is 2.41 bits per heavy atom. The number of aromatic hydroxyl groups is 1. The van der Waals surface area contributed by atoms with Gasteiger partial charge in [0.15, 0.2) is 0 Å². The summed E-state index contributed by atoms with van der Waals surface area (Å²) in [5.74, 6) is -0.0125. The van der Waals surface area contributed by atoms with Crippen LogP contribution in [0.1, 0.15) is 10.4 Å². The highest BCUT2D eigenvalue weighted by Crippen LogP contribution is 2.27. The number of phenols is 1. The zero-order valence-electron chi connectivity index (χ0n) is 16.1. The van der Waals surface area contributed by atoms with Gasteiger partial charge in [-0.1, -0.05) is 24.3 Å². The average molecular weight is 368 g/mol. The fourth-order valence-electron chi connectivity index (χ4n) is 3.35. The number of benzene rings is 2. The van der Waals surface area contributed by atoms with Crippen LogP contribution in [0.15, 0.2) is 48.5 Å². The minimum Gasteiger partial charge on any atom is -0.506 e. The second-order valence-electron chi connectivity index (χ2n) is 6.99. The maximum Gasteiger partial charge on any atom is 0.255 e. The van der Waals surface area contributed by atoms with E-state index in [0.717, 1.165) is 32.7 Å². The van der Waals surface area contributed by atoms with E-state index < -0.39 is 0 Å². The molecule has 3 rings (SSSR count). The number of nitrogens with one attached hydrogen (secondary N) is 1. The molecule has 0 bridgehead atoms. The Labute approximate surface area is 161 Å². The SMILES string of the molecule is CN(C)C(=O)c1cccc(O)c1NCCN1CCN(c2ccccc2)CC1. The van der Waals surface area contributed by atoms with Crippen LogP contribution in [-0.4, -0.2) is 74.2 Å². The summed E-state index contributed by atoms with van der Waals surface area (Å²) >= 11 is 0. The predicted molar refractivity (Wildman–Crippen MR) is 110 cm³/mol. The van der Waals surface area contributed by atoms with E-state index in [2.05, 4.69) is 39.4 Å². The van der Waals surface area contributed by atoms with Crippen LogP contribution in [0.5, 0.6) is 5.75 Å². The Balaban J connectivity index is 1.52. The van der Waals surface area contributed by atoms with Crippen LogP contribution in [-0.2, 0) is 0 Å². The Hall–Kier alpha value is -2.73. The number of piperazine rings is 1. The molecule has 1 aliphatic heterocycles. The molecule has 0 saturated carbocycles. The van der Waals surface area contributed by atoms with Crippen LogP contribution >= 0.6 is 0 Å². The standard InChI is InChI=1S/C21H28N4O2/c1-23(2)21(27)18-9-6-10-19(26)20(18)22-11-12-24-13-15-25(16-14-24)17-7-4-3-5-8-17/h3-10,22,26H,11-16H2,1-2H3. The normalized spacial score (nSPS) is 14.8. The highest BCUT2D eigenvalue weighted by Gasteiger charge is 2.18. The second-order valence-corrected chi connectivity index (χ2v) is 6.99.